The van der Waals surface area contributed by atoms with E-state index in [0.29, 0.717) is 13.2 Å². The van der Waals surface area contributed by atoms with Gasteiger partial charge in [0, 0.05) is 24.0 Å². The van der Waals surface area contributed by atoms with Crippen molar-refractivity contribution in [1.29, 1.82) is 0 Å². The van der Waals surface area contributed by atoms with Gasteiger partial charge in [-0.05, 0) is 104 Å². The molecule has 0 radical (unpaired) electrons. The molecule has 5 atom stereocenters. The fourth-order valence-corrected chi connectivity index (χ4v) is 6.55. The first-order valence-electron chi connectivity index (χ1n) is 16.1. The van der Waals surface area contributed by atoms with Crippen LogP contribution in [0.3, 0.4) is 0 Å². The molecule has 5 N–H and O–H groups in total. The summed E-state index contributed by atoms with van der Waals surface area (Å²) in [5.74, 6) is -0.198. The molecule has 250 valence electrons. The van der Waals surface area contributed by atoms with Crippen molar-refractivity contribution in [2.24, 2.45) is 0 Å². The van der Waals surface area contributed by atoms with E-state index in [0.717, 1.165) is 58.7 Å². The van der Waals surface area contributed by atoms with Crippen LogP contribution in [-0.4, -0.2) is 97.9 Å². The predicted molar refractivity (Wildman–Crippen MR) is 175 cm³/mol. The van der Waals surface area contributed by atoms with Crippen LogP contribution < -0.4 is 9.47 Å². The SMILES string of the molecule is Cc1c(-c2ccc(OC3OC(C(=O)O)C(O)C(O)C3O)cc2)n(Cc2ccc(OCCN3CCCCCC3)cc2)c2ccc(O)cc12. The lowest BCUT2D eigenvalue weighted by atomic mass is 9.99. The molecule has 47 heavy (non-hydrogen) atoms. The van der Waals surface area contributed by atoms with Gasteiger partial charge in [0.1, 0.15) is 42.2 Å². The molecule has 4 aromatic rings. The molecule has 0 amide bonds. The number of ether oxygens (including phenoxy) is 3. The van der Waals surface area contributed by atoms with E-state index in [2.05, 4.69) is 21.6 Å². The number of likely N-dealkylation sites (tertiary alicyclic amines) is 1. The zero-order valence-electron chi connectivity index (χ0n) is 26.4. The van der Waals surface area contributed by atoms with Crippen LogP contribution in [0.4, 0.5) is 0 Å². The van der Waals surface area contributed by atoms with Gasteiger partial charge in [-0.1, -0.05) is 25.0 Å². The van der Waals surface area contributed by atoms with E-state index in [4.69, 9.17) is 14.2 Å². The van der Waals surface area contributed by atoms with Crippen molar-refractivity contribution in [2.75, 3.05) is 26.2 Å². The molecule has 0 saturated carbocycles. The Morgan fingerprint density at radius 1 is 0.872 bits per heavy atom. The van der Waals surface area contributed by atoms with Crippen LogP contribution in [0.25, 0.3) is 22.2 Å². The first-order chi connectivity index (χ1) is 22.7. The highest BCUT2D eigenvalue weighted by Crippen LogP contribution is 2.37. The number of carboxylic acid groups (broad SMARTS) is 1. The Morgan fingerprint density at radius 3 is 2.23 bits per heavy atom. The fourth-order valence-electron chi connectivity index (χ4n) is 6.55. The van der Waals surface area contributed by atoms with Gasteiger partial charge < -0.3 is 44.3 Å². The Kier molecular flexibility index (Phi) is 10.00. The first-order valence-corrected chi connectivity index (χ1v) is 16.1. The highest BCUT2D eigenvalue weighted by molar-refractivity contribution is 5.92. The maximum Gasteiger partial charge on any atom is 0.335 e. The van der Waals surface area contributed by atoms with Gasteiger partial charge in [0.25, 0.3) is 0 Å². The van der Waals surface area contributed by atoms with Gasteiger partial charge >= 0.3 is 5.97 Å². The summed E-state index contributed by atoms with van der Waals surface area (Å²) in [7, 11) is 0. The van der Waals surface area contributed by atoms with Crippen LogP contribution in [0.15, 0.2) is 66.7 Å². The van der Waals surface area contributed by atoms with E-state index in [1.807, 2.05) is 37.3 Å². The lowest BCUT2D eigenvalue weighted by Crippen LogP contribution is -2.61. The Labute approximate surface area is 273 Å². The average molecular weight is 647 g/mol. The minimum Gasteiger partial charge on any atom is -0.508 e. The standard InChI is InChI=1S/C36H42N2O9/c1-22-28-20-25(39)10-15-29(28)38(21-23-6-11-26(12-7-23)45-19-18-37-16-4-2-3-5-17-37)30(22)24-8-13-27(14-9-24)46-36-33(42)31(40)32(41)34(47-36)35(43)44/h6-15,20,31-34,36,39-42H,2-5,16-19,21H2,1H3,(H,43,44). The van der Waals surface area contributed by atoms with Crippen molar-refractivity contribution in [3.05, 3.63) is 77.9 Å². The molecular formula is C36H42N2O9. The fraction of sp³-hybridized carbons (Fsp3) is 0.417. The van der Waals surface area contributed by atoms with Crippen molar-refractivity contribution in [3.63, 3.8) is 0 Å². The minimum absolute atomic E-state index is 0.174. The van der Waals surface area contributed by atoms with Crippen molar-refractivity contribution in [3.8, 4) is 28.5 Å². The van der Waals surface area contributed by atoms with Gasteiger partial charge in [-0.3, -0.25) is 4.90 Å². The number of aliphatic hydroxyl groups is 3. The first kappa shape index (κ1) is 32.8. The zero-order chi connectivity index (χ0) is 33.1. The number of aliphatic carboxylic acids is 1. The third kappa shape index (κ3) is 7.24. The topological polar surface area (TPSA) is 154 Å². The molecule has 2 fully saturated rings. The summed E-state index contributed by atoms with van der Waals surface area (Å²) in [5, 5.41) is 51.0. The molecule has 6 rings (SSSR count). The Balaban J connectivity index is 1.20. The molecule has 11 heteroatoms. The molecule has 5 unspecified atom stereocenters. The van der Waals surface area contributed by atoms with Crippen molar-refractivity contribution in [2.45, 2.75) is 69.9 Å². The van der Waals surface area contributed by atoms with E-state index in [1.165, 1.54) is 25.7 Å². The lowest BCUT2D eigenvalue weighted by molar-refractivity contribution is -0.271. The second-order valence-corrected chi connectivity index (χ2v) is 12.4. The highest BCUT2D eigenvalue weighted by Gasteiger charge is 2.48. The number of aromatic hydroxyl groups is 1. The number of nitrogens with zero attached hydrogens (tertiary/aromatic N) is 2. The van der Waals surface area contributed by atoms with Gasteiger partial charge in [-0.15, -0.1) is 0 Å². The molecule has 1 aromatic heterocycles. The molecule has 3 aromatic carbocycles. The van der Waals surface area contributed by atoms with Crippen LogP contribution in [0.5, 0.6) is 17.2 Å². The maximum absolute atomic E-state index is 11.5. The van der Waals surface area contributed by atoms with E-state index in [1.54, 1.807) is 24.3 Å². The van der Waals surface area contributed by atoms with Crippen LogP contribution in [0, 0.1) is 6.92 Å². The highest BCUT2D eigenvalue weighted by atomic mass is 16.7. The molecule has 0 aliphatic carbocycles. The van der Waals surface area contributed by atoms with E-state index in [-0.39, 0.29) is 11.5 Å². The number of rotatable bonds is 10. The lowest BCUT2D eigenvalue weighted by Gasteiger charge is -2.38. The maximum atomic E-state index is 11.5. The van der Waals surface area contributed by atoms with E-state index >= 15 is 0 Å². The van der Waals surface area contributed by atoms with Crippen LogP contribution in [-0.2, 0) is 16.1 Å². The summed E-state index contributed by atoms with van der Waals surface area (Å²) in [4.78, 5) is 14.0. The second-order valence-electron chi connectivity index (χ2n) is 12.4. The van der Waals surface area contributed by atoms with Crippen molar-refractivity contribution in [1.82, 2.24) is 9.47 Å². The number of hydrogen-bond acceptors (Lipinski definition) is 9. The molecule has 2 aliphatic rings. The molecule has 0 bridgehead atoms. The summed E-state index contributed by atoms with van der Waals surface area (Å²) in [6, 6.07) is 20.5. The summed E-state index contributed by atoms with van der Waals surface area (Å²) in [6.45, 7) is 6.44. The largest absolute Gasteiger partial charge is 0.508 e. The minimum atomic E-state index is -1.80. The van der Waals surface area contributed by atoms with Gasteiger partial charge in [0.15, 0.2) is 6.10 Å². The molecular weight excluding hydrogens is 604 g/mol. The number of hydrogen-bond donors (Lipinski definition) is 5. The molecule has 3 heterocycles. The molecule has 0 spiro atoms. The van der Waals surface area contributed by atoms with Gasteiger partial charge in [0.2, 0.25) is 6.29 Å². The van der Waals surface area contributed by atoms with Crippen molar-refractivity contribution >= 4 is 16.9 Å². The third-order valence-corrected chi connectivity index (χ3v) is 9.13. The second kappa shape index (κ2) is 14.3. The predicted octanol–water partition coefficient (Wildman–Crippen LogP) is 3.90. The number of phenols is 1. The zero-order valence-corrected chi connectivity index (χ0v) is 26.4. The number of phenolic OH excluding ortho intramolecular Hbond substituents is 1. The normalized spacial score (nSPS) is 23.8. The van der Waals surface area contributed by atoms with Gasteiger partial charge in [0.05, 0.1) is 5.69 Å². The quantitative estimate of drug-likeness (QED) is 0.171. The van der Waals surface area contributed by atoms with Gasteiger partial charge in [-0.25, -0.2) is 4.79 Å². The summed E-state index contributed by atoms with van der Waals surface area (Å²) in [5.41, 5.74) is 4.81. The number of carboxylic acids is 1. The molecule has 2 saturated heterocycles. The van der Waals surface area contributed by atoms with Crippen molar-refractivity contribution < 1.29 is 44.5 Å². The number of aryl methyl sites for hydroxylation is 1. The third-order valence-electron chi connectivity index (χ3n) is 9.13. The number of aliphatic hydroxyl groups excluding tert-OH is 3. The smallest absolute Gasteiger partial charge is 0.335 e. The number of carbonyl (C=O) groups is 1. The van der Waals surface area contributed by atoms with Crippen LogP contribution in [0.2, 0.25) is 0 Å². The molecule has 2 aliphatic heterocycles. The monoisotopic (exact) mass is 646 g/mol. The average Bonchev–Trinajstić information content (AvgIpc) is 3.19. The van der Waals surface area contributed by atoms with Crippen LogP contribution in [0.1, 0.15) is 36.8 Å². The Bertz CT molecular complexity index is 1660. The van der Waals surface area contributed by atoms with Crippen LogP contribution >= 0.6 is 0 Å². The summed E-state index contributed by atoms with van der Waals surface area (Å²) < 4.78 is 19.2. The van der Waals surface area contributed by atoms with E-state index < -0.39 is 36.7 Å². The number of fused-ring (bicyclic) bond motifs is 1. The number of aromatic nitrogens is 1. The van der Waals surface area contributed by atoms with E-state index in [9.17, 15) is 30.3 Å². The summed E-state index contributed by atoms with van der Waals surface area (Å²) >= 11 is 0. The summed E-state index contributed by atoms with van der Waals surface area (Å²) in [6.07, 6.45) is -3.33. The Morgan fingerprint density at radius 2 is 1.55 bits per heavy atom. The van der Waals surface area contributed by atoms with Gasteiger partial charge in [-0.2, -0.15) is 0 Å². The molecule has 11 nitrogen and oxygen atoms in total. The number of benzene rings is 3. The Hall–Kier alpha value is -4.13.